The lowest BCUT2D eigenvalue weighted by molar-refractivity contribution is -0.149. The predicted molar refractivity (Wildman–Crippen MR) is 96.7 cm³/mol. The second kappa shape index (κ2) is 7.04. The Morgan fingerprint density at radius 1 is 1.16 bits per heavy atom. The van der Waals surface area contributed by atoms with E-state index in [9.17, 15) is 14.7 Å². The van der Waals surface area contributed by atoms with Crippen LogP contribution in [0.3, 0.4) is 0 Å². The Morgan fingerprint density at radius 2 is 1.80 bits per heavy atom. The van der Waals surface area contributed by atoms with Crippen LogP contribution < -0.4 is 10.2 Å². The molecule has 0 unspecified atom stereocenters. The van der Waals surface area contributed by atoms with E-state index in [1.807, 2.05) is 6.07 Å². The molecule has 2 aromatic rings. The number of amides is 2. The molecule has 1 atom stereocenters. The van der Waals surface area contributed by atoms with E-state index < -0.39 is 17.4 Å². The van der Waals surface area contributed by atoms with Crippen molar-refractivity contribution >= 4 is 40.7 Å². The summed E-state index contributed by atoms with van der Waals surface area (Å²) in [6.07, 6.45) is 0.0306. The number of aliphatic hydroxyl groups is 1. The van der Waals surface area contributed by atoms with Gasteiger partial charge in [0.25, 0.3) is 11.8 Å². The molecule has 0 aliphatic carbocycles. The van der Waals surface area contributed by atoms with E-state index in [1.165, 1.54) is 4.90 Å². The Bertz CT molecular complexity index is 793. The zero-order valence-electron chi connectivity index (χ0n) is 13.2. The van der Waals surface area contributed by atoms with Crippen molar-refractivity contribution in [2.75, 3.05) is 11.4 Å². The predicted octanol–water partition coefficient (Wildman–Crippen LogP) is 2.78. The molecule has 1 aliphatic heterocycles. The Hall–Kier alpha value is -2.08. The maximum absolute atomic E-state index is 12.6. The molecule has 1 heterocycles. The van der Waals surface area contributed by atoms with E-state index in [1.54, 1.807) is 42.5 Å². The molecule has 25 heavy (non-hydrogen) atoms. The molecule has 0 radical (unpaired) electrons. The fourth-order valence-corrected chi connectivity index (χ4v) is 3.38. The Kier molecular flexibility index (Phi) is 4.99. The fourth-order valence-electron chi connectivity index (χ4n) is 2.81. The Balaban J connectivity index is 1.70. The van der Waals surface area contributed by atoms with Crippen molar-refractivity contribution in [3.05, 3.63) is 64.1 Å². The van der Waals surface area contributed by atoms with Crippen molar-refractivity contribution in [3.8, 4) is 0 Å². The normalized spacial score (nSPS) is 20.0. The molecule has 1 aliphatic rings. The first-order valence-electron chi connectivity index (χ1n) is 7.73. The molecule has 1 fully saturated rings. The lowest BCUT2D eigenvalue weighted by atomic mass is 10.0. The van der Waals surface area contributed by atoms with Crippen molar-refractivity contribution < 1.29 is 14.7 Å². The van der Waals surface area contributed by atoms with Crippen LogP contribution in [0.1, 0.15) is 12.0 Å². The van der Waals surface area contributed by atoms with E-state index >= 15 is 0 Å². The van der Waals surface area contributed by atoms with Crippen LogP contribution in [0, 0.1) is 0 Å². The lowest BCUT2D eigenvalue weighted by Crippen LogP contribution is -2.52. The highest BCUT2D eigenvalue weighted by Crippen LogP contribution is 2.28. The number of nitrogens with zero attached hydrogens (tertiary/aromatic N) is 1. The summed E-state index contributed by atoms with van der Waals surface area (Å²) >= 11 is 11.8. The summed E-state index contributed by atoms with van der Waals surface area (Å²) in [7, 11) is 0. The Morgan fingerprint density at radius 3 is 2.44 bits per heavy atom. The highest BCUT2D eigenvalue weighted by Gasteiger charge is 2.51. The van der Waals surface area contributed by atoms with Gasteiger partial charge >= 0.3 is 0 Å². The highest BCUT2D eigenvalue weighted by atomic mass is 35.5. The van der Waals surface area contributed by atoms with Crippen LogP contribution in [-0.2, 0) is 16.1 Å². The number of rotatable bonds is 4. The van der Waals surface area contributed by atoms with Gasteiger partial charge in [-0.3, -0.25) is 9.59 Å². The minimum Gasteiger partial charge on any atom is -0.372 e. The largest absolute Gasteiger partial charge is 0.372 e. The van der Waals surface area contributed by atoms with Gasteiger partial charge in [-0.15, -0.1) is 0 Å². The van der Waals surface area contributed by atoms with Gasteiger partial charge < -0.3 is 15.3 Å². The first kappa shape index (κ1) is 17.7. The monoisotopic (exact) mass is 378 g/mol. The van der Waals surface area contributed by atoms with Crippen molar-refractivity contribution in [2.45, 2.75) is 18.6 Å². The SMILES string of the molecule is O=C(NCc1cc(Cl)cc(Cl)c1)[C@@]1(O)CCN(c2ccccc2)C1=O. The van der Waals surface area contributed by atoms with Gasteiger partial charge in [-0.2, -0.15) is 0 Å². The molecular formula is C18H16Cl2N2O3. The van der Waals surface area contributed by atoms with E-state index in [0.29, 0.717) is 21.3 Å². The summed E-state index contributed by atoms with van der Waals surface area (Å²) in [6.45, 7) is 0.385. The van der Waals surface area contributed by atoms with Crippen molar-refractivity contribution in [1.29, 1.82) is 0 Å². The fraction of sp³-hybridized carbons (Fsp3) is 0.222. The molecule has 0 spiro atoms. The number of anilines is 1. The first-order valence-corrected chi connectivity index (χ1v) is 8.48. The number of hydrogen-bond acceptors (Lipinski definition) is 3. The van der Waals surface area contributed by atoms with Gasteiger partial charge in [0.2, 0.25) is 5.60 Å². The first-order chi connectivity index (χ1) is 11.9. The van der Waals surface area contributed by atoms with Gasteiger partial charge in [-0.1, -0.05) is 41.4 Å². The maximum atomic E-state index is 12.6. The quantitative estimate of drug-likeness (QED) is 0.803. The third kappa shape index (κ3) is 3.63. The molecule has 0 aromatic heterocycles. The third-order valence-corrected chi connectivity index (χ3v) is 4.55. The van der Waals surface area contributed by atoms with E-state index in [-0.39, 0.29) is 19.5 Å². The van der Waals surface area contributed by atoms with Gasteiger partial charge in [0.1, 0.15) is 0 Å². The van der Waals surface area contributed by atoms with Crippen LogP contribution in [-0.4, -0.2) is 29.1 Å². The van der Waals surface area contributed by atoms with Crippen molar-refractivity contribution in [2.24, 2.45) is 0 Å². The van der Waals surface area contributed by atoms with Gasteiger partial charge in [0.15, 0.2) is 0 Å². The zero-order chi connectivity index (χ0) is 18.0. The second-order valence-electron chi connectivity index (χ2n) is 5.86. The highest BCUT2D eigenvalue weighted by molar-refractivity contribution is 6.34. The number of para-hydroxylation sites is 1. The lowest BCUT2D eigenvalue weighted by Gasteiger charge is -2.21. The number of hydrogen-bond donors (Lipinski definition) is 2. The van der Waals surface area contributed by atoms with Crippen LogP contribution in [0.5, 0.6) is 0 Å². The molecule has 2 aromatic carbocycles. The van der Waals surface area contributed by atoms with Crippen LogP contribution in [0.2, 0.25) is 10.0 Å². The minimum absolute atomic E-state index is 0.0306. The number of halogens is 2. The van der Waals surface area contributed by atoms with E-state index in [0.717, 1.165) is 0 Å². The molecular weight excluding hydrogens is 363 g/mol. The summed E-state index contributed by atoms with van der Waals surface area (Å²) in [4.78, 5) is 26.4. The van der Waals surface area contributed by atoms with Crippen LogP contribution in [0.4, 0.5) is 5.69 Å². The average molecular weight is 379 g/mol. The van der Waals surface area contributed by atoms with Crippen LogP contribution in [0.25, 0.3) is 0 Å². The molecule has 2 N–H and O–H groups in total. The summed E-state index contributed by atoms with van der Waals surface area (Å²) in [5, 5.41) is 14.1. The van der Waals surface area contributed by atoms with Crippen LogP contribution in [0.15, 0.2) is 48.5 Å². The molecule has 7 heteroatoms. The summed E-state index contributed by atoms with van der Waals surface area (Å²) < 4.78 is 0. The molecule has 130 valence electrons. The molecule has 2 amide bonds. The number of carbonyl (C=O) groups excluding carboxylic acids is 2. The molecule has 0 bridgehead atoms. The average Bonchev–Trinajstić information content (AvgIpc) is 2.89. The Labute approximate surface area is 155 Å². The van der Waals surface area contributed by atoms with Gasteiger partial charge in [-0.25, -0.2) is 0 Å². The van der Waals surface area contributed by atoms with E-state index in [4.69, 9.17) is 23.2 Å². The third-order valence-electron chi connectivity index (χ3n) is 4.12. The summed E-state index contributed by atoms with van der Waals surface area (Å²) in [6, 6.07) is 13.8. The van der Waals surface area contributed by atoms with Crippen molar-refractivity contribution in [3.63, 3.8) is 0 Å². The van der Waals surface area contributed by atoms with E-state index in [2.05, 4.69) is 5.32 Å². The maximum Gasteiger partial charge on any atom is 0.268 e. The number of nitrogens with one attached hydrogen (secondary N) is 1. The number of carbonyl (C=O) groups is 2. The number of benzene rings is 2. The van der Waals surface area contributed by atoms with Gasteiger partial charge in [-0.05, 0) is 35.9 Å². The molecule has 3 rings (SSSR count). The standard InChI is InChI=1S/C18H16Cl2N2O3/c19-13-8-12(9-14(20)10-13)11-21-16(23)18(25)6-7-22(17(18)24)15-4-2-1-3-5-15/h1-5,8-10,25H,6-7,11H2,(H,21,23)/t18-/m0/s1. The van der Waals surface area contributed by atoms with Gasteiger partial charge in [0.05, 0.1) is 0 Å². The topological polar surface area (TPSA) is 69.6 Å². The van der Waals surface area contributed by atoms with Crippen molar-refractivity contribution in [1.82, 2.24) is 5.32 Å². The van der Waals surface area contributed by atoms with Crippen LogP contribution >= 0.6 is 23.2 Å². The molecule has 1 saturated heterocycles. The zero-order valence-corrected chi connectivity index (χ0v) is 14.7. The smallest absolute Gasteiger partial charge is 0.268 e. The minimum atomic E-state index is -2.07. The summed E-state index contributed by atoms with van der Waals surface area (Å²) in [5.41, 5.74) is -0.740. The summed E-state index contributed by atoms with van der Waals surface area (Å²) in [5.74, 6) is -1.35. The molecule has 5 nitrogen and oxygen atoms in total. The molecule has 0 saturated carbocycles. The second-order valence-corrected chi connectivity index (χ2v) is 6.74. The van der Waals surface area contributed by atoms with Gasteiger partial charge in [0, 0.05) is 35.2 Å².